The van der Waals surface area contributed by atoms with Crippen LogP contribution in [-0.4, -0.2) is 51.9 Å². The Labute approximate surface area is 172 Å². The van der Waals surface area contributed by atoms with Crippen LogP contribution in [0.25, 0.3) is 21.5 Å². The van der Waals surface area contributed by atoms with Gasteiger partial charge in [0.25, 0.3) is 5.91 Å². The summed E-state index contributed by atoms with van der Waals surface area (Å²) in [5.74, 6) is 1.04. The van der Waals surface area contributed by atoms with Crippen LogP contribution in [0.5, 0.6) is 0 Å². The van der Waals surface area contributed by atoms with Crippen molar-refractivity contribution in [2.24, 2.45) is 0 Å². The van der Waals surface area contributed by atoms with Gasteiger partial charge in [-0.3, -0.25) is 4.79 Å². The molecule has 1 amide bonds. The number of nitrogens with zero attached hydrogens (tertiary/aromatic N) is 4. The standard InChI is InChI=1S/C22H21N5OS/c1-15-14-29-21(25-15)16-5-6-20(24-13-16)26-9-11-27(12-10-26)22(28)18-3-2-4-19-17(18)7-8-23-19/h2-8,13-14,23H,9-12H2,1H3. The molecule has 4 heterocycles. The Morgan fingerprint density at radius 1 is 1.10 bits per heavy atom. The number of pyridine rings is 1. The molecule has 1 aliphatic rings. The molecule has 4 aromatic rings. The highest BCUT2D eigenvalue weighted by atomic mass is 32.1. The van der Waals surface area contributed by atoms with Crippen LogP contribution >= 0.6 is 11.3 Å². The van der Waals surface area contributed by atoms with Crippen LogP contribution in [0.3, 0.4) is 0 Å². The van der Waals surface area contributed by atoms with Gasteiger partial charge in [0.2, 0.25) is 0 Å². The Hall–Kier alpha value is -3.19. The zero-order valence-corrected chi connectivity index (χ0v) is 16.9. The molecular formula is C22H21N5OS. The molecule has 3 aromatic heterocycles. The van der Waals surface area contributed by atoms with Gasteiger partial charge in [-0.1, -0.05) is 6.07 Å². The summed E-state index contributed by atoms with van der Waals surface area (Å²) < 4.78 is 0. The fourth-order valence-electron chi connectivity index (χ4n) is 3.77. The molecule has 1 aromatic carbocycles. The smallest absolute Gasteiger partial charge is 0.254 e. The largest absolute Gasteiger partial charge is 0.361 e. The fourth-order valence-corrected chi connectivity index (χ4v) is 4.56. The Balaban J connectivity index is 1.27. The van der Waals surface area contributed by atoms with Gasteiger partial charge < -0.3 is 14.8 Å². The summed E-state index contributed by atoms with van der Waals surface area (Å²) in [6.45, 7) is 4.93. The number of amides is 1. The second-order valence-corrected chi connectivity index (χ2v) is 8.08. The van der Waals surface area contributed by atoms with Crippen molar-refractivity contribution in [1.29, 1.82) is 0 Å². The number of fused-ring (bicyclic) bond motifs is 1. The first-order valence-electron chi connectivity index (χ1n) is 9.68. The molecule has 1 aliphatic heterocycles. The number of aromatic amines is 1. The van der Waals surface area contributed by atoms with E-state index in [1.54, 1.807) is 11.3 Å². The number of aromatic nitrogens is 3. The van der Waals surface area contributed by atoms with Gasteiger partial charge >= 0.3 is 0 Å². The molecule has 0 unspecified atom stereocenters. The Bertz CT molecular complexity index is 1160. The lowest BCUT2D eigenvalue weighted by Crippen LogP contribution is -2.49. The van der Waals surface area contributed by atoms with E-state index in [0.717, 1.165) is 51.6 Å². The maximum atomic E-state index is 13.0. The molecule has 0 atom stereocenters. The summed E-state index contributed by atoms with van der Waals surface area (Å²) >= 11 is 1.64. The maximum absolute atomic E-state index is 13.0. The number of hydrogen-bond acceptors (Lipinski definition) is 5. The van der Waals surface area contributed by atoms with E-state index in [4.69, 9.17) is 0 Å². The number of benzene rings is 1. The van der Waals surface area contributed by atoms with Gasteiger partial charge in [0, 0.05) is 71.7 Å². The number of anilines is 1. The minimum atomic E-state index is 0.0947. The van der Waals surface area contributed by atoms with Crippen LogP contribution in [0.15, 0.2) is 54.2 Å². The van der Waals surface area contributed by atoms with Crippen LogP contribution in [0.2, 0.25) is 0 Å². The van der Waals surface area contributed by atoms with Gasteiger partial charge in [0.05, 0.1) is 0 Å². The molecule has 0 saturated carbocycles. The highest BCUT2D eigenvalue weighted by Gasteiger charge is 2.24. The van der Waals surface area contributed by atoms with Crippen molar-refractivity contribution in [3.8, 4) is 10.6 Å². The van der Waals surface area contributed by atoms with E-state index < -0.39 is 0 Å². The van der Waals surface area contributed by atoms with Crippen molar-refractivity contribution in [3.05, 3.63) is 65.4 Å². The fraction of sp³-hybridized carbons (Fsp3) is 0.227. The summed E-state index contributed by atoms with van der Waals surface area (Å²) in [6, 6.07) is 11.9. The lowest BCUT2D eigenvalue weighted by atomic mass is 10.1. The van der Waals surface area contributed by atoms with E-state index >= 15 is 0 Å². The van der Waals surface area contributed by atoms with Crippen molar-refractivity contribution in [3.63, 3.8) is 0 Å². The molecule has 0 spiro atoms. The first-order valence-corrected chi connectivity index (χ1v) is 10.6. The van der Waals surface area contributed by atoms with Crippen LogP contribution < -0.4 is 4.90 Å². The van der Waals surface area contributed by atoms with E-state index in [1.807, 2.05) is 59.9 Å². The number of thiazole rings is 1. The van der Waals surface area contributed by atoms with Crippen molar-refractivity contribution in [2.75, 3.05) is 31.1 Å². The van der Waals surface area contributed by atoms with Crippen LogP contribution in [0.4, 0.5) is 5.82 Å². The Morgan fingerprint density at radius 2 is 1.97 bits per heavy atom. The molecule has 29 heavy (non-hydrogen) atoms. The molecule has 7 heteroatoms. The number of rotatable bonds is 3. The van der Waals surface area contributed by atoms with Crippen molar-refractivity contribution in [1.82, 2.24) is 19.9 Å². The van der Waals surface area contributed by atoms with Gasteiger partial charge in [-0.05, 0) is 37.3 Å². The summed E-state index contributed by atoms with van der Waals surface area (Å²) in [6.07, 6.45) is 3.76. The quantitative estimate of drug-likeness (QED) is 0.562. The molecule has 0 radical (unpaired) electrons. The molecule has 0 aliphatic carbocycles. The van der Waals surface area contributed by atoms with E-state index in [0.29, 0.717) is 13.1 Å². The minimum Gasteiger partial charge on any atom is -0.361 e. The normalized spacial score (nSPS) is 14.5. The van der Waals surface area contributed by atoms with Gasteiger partial charge in [0.1, 0.15) is 10.8 Å². The zero-order valence-electron chi connectivity index (χ0n) is 16.1. The molecular weight excluding hydrogens is 382 g/mol. The lowest BCUT2D eigenvalue weighted by Gasteiger charge is -2.35. The molecule has 1 fully saturated rings. The highest BCUT2D eigenvalue weighted by Crippen LogP contribution is 2.25. The Morgan fingerprint density at radius 3 is 2.69 bits per heavy atom. The molecule has 1 saturated heterocycles. The topological polar surface area (TPSA) is 65.1 Å². The molecule has 146 valence electrons. The second kappa shape index (κ2) is 7.33. The highest BCUT2D eigenvalue weighted by molar-refractivity contribution is 7.13. The molecule has 5 rings (SSSR count). The van der Waals surface area contributed by atoms with E-state index in [-0.39, 0.29) is 5.91 Å². The van der Waals surface area contributed by atoms with Crippen molar-refractivity contribution >= 4 is 34.0 Å². The van der Waals surface area contributed by atoms with Crippen LogP contribution in [0.1, 0.15) is 16.1 Å². The van der Waals surface area contributed by atoms with Crippen LogP contribution in [-0.2, 0) is 0 Å². The summed E-state index contributed by atoms with van der Waals surface area (Å²) in [5, 5.41) is 4.03. The molecule has 0 bridgehead atoms. The number of aryl methyl sites for hydroxylation is 1. The van der Waals surface area contributed by atoms with E-state index in [1.165, 1.54) is 0 Å². The third-order valence-corrected chi connectivity index (χ3v) is 6.34. The predicted molar refractivity (Wildman–Crippen MR) is 116 cm³/mol. The van der Waals surface area contributed by atoms with Gasteiger partial charge in [-0.15, -0.1) is 11.3 Å². The van der Waals surface area contributed by atoms with E-state index in [9.17, 15) is 4.79 Å². The number of nitrogens with one attached hydrogen (secondary N) is 1. The number of piperazine rings is 1. The van der Waals surface area contributed by atoms with Crippen molar-refractivity contribution in [2.45, 2.75) is 6.92 Å². The number of hydrogen-bond donors (Lipinski definition) is 1. The number of carbonyl (C=O) groups excluding carboxylic acids is 1. The third kappa shape index (κ3) is 3.38. The summed E-state index contributed by atoms with van der Waals surface area (Å²) in [5.41, 5.74) is 3.83. The van der Waals surface area contributed by atoms with Crippen molar-refractivity contribution < 1.29 is 4.79 Å². The van der Waals surface area contributed by atoms with Gasteiger partial charge in [-0.2, -0.15) is 0 Å². The molecule has 6 nitrogen and oxygen atoms in total. The average Bonchev–Trinajstić information content (AvgIpc) is 3.42. The maximum Gasteiger partial charge on any atom is 0.254 e. The monoisotopic (exact) mass is 403 g/mol. The average molecular weight is 404 g/mol. The van der Waals surface area contributed by atoms with Crippen LogP contribution in [0, 0.1) is 6.92 Å². The number of H-pyrrole nitrogens is 1. The zero-order chi connectivity index (χ0) is 19.8. The van der Waals surface area contributed by atoms with Gasteiger partial charge in [-0.25, -0.2) is 9.97 Å². The number of carbonyl (C=O) groups is 1. The Kier molecular flexibility index (Phi) is 4.52. The van der Waals surface area contributed by atoms with Gasteiger partial charge in [0.15, 0.2) is 0 Å². The summed E-state index contributed by atoms with van der Waals surface area (Å²) in [4.78, 5) is 29.5. The first-order chi connectivity index (χ1) is 14.2. The second-order valence-electron chi connectivity index (χ2n) is 7.22. The first kappa shape index (κ1) is 17.9. The molecule has 1 N–H and O–H groups in total. The SMILES string of the molecule is Cc1csc(-c2ccc(N3CCN(C(=O)c4cccc5[nH]ccc45)CC3)nc2)n1. The third-order valence-electron chi connectivity index (χ3n) is 5.33. The summed E-state index contributed by atoms with van der Waals surface area (Å²) in [7, 11) is 0. The predicted octanol–water partition coefficient (Wildman–Crippen LogP) is 3.96. The van der Waals surface area contributed by atoms with E-state index in [2.05, 4.69) is 25.9 Å². The lowest BCUT2D eigenvalue weighted by molar-refractivity contribution is 0.0748. The minimum absolute atomic E-state index is 0.0947.